The fraction of sp³-hybridized carbons (Fsp3) is 0.0435. The smallest absolute Gasteiger partial charge is 0.336 e. The lowest BCUT2D eigenvalue weighted by molar-refractivity contribution is -0.130. The summed E-state index contributed by atoms with van der Waals surface area (Å²) < 4.78 is 5.78. The number of hydrogen-bond acceptors (Lipinski definition) is 3. The number of carboxylic acid groups (broad SMARTS) is 1. The standard InChI is InChI=1S/C23H18O4/c1-16-5-7-17(8-6-16)13-22(23(25)26)19-3-2-4-21(14-19)27-20-11-9-18(15-24)10-12-20/h2-15H,1H3,(H,25,26). The van der Waals surface area contributed by atoms with E-state index in [4.69, 9.17) is 4.74 Å². The van der Waals surface area contributed by atoms with E-state index in [1.165, 1.54) is 0 Å². The summed E-state index contributed by atoms with van der Waals surface area (Å²) in [5.74, 6) is 0.0719. The highest BCUT2D eigenvalue weighted by Gasteiger charge is 2.12. The molecule has 3 aromatic carbocycles. The van der Waals surface area contributed by atoms with Crippen molar-refractivity contribution in [1.82, 2.24) is 0 Å². The van der Waals surface area contributed by atoms with Gasteiger partial charge >= 0.3 is 5.97 Å². The molecule has 0 aliphatic heterocycles. The van der Waals surface area contributed by atoms with Gasteiger partial charge in [-0.3, -0.25) is 4.79 Å². The third-order valence-electron chi connectivity index (χ3n) is 4.02. The van der Waals surface area contributed by atoms with Crippen molar-refractivity contribution in [3.8, 4) is 11.5 Å². The van der Waals surface area contributed by atoms with Crippen LogP contribution in [0.15, 0.2) is 72.8 Å². The Bertz CT molecular complexity index is 984. The Morgan fingerprint density at radius 1 is 0.889 bits per heavy atom. The molecule has 1 N–H and O–H groups in total. The van der Waals surface area contributed by atoms with Crippen LogP contribution in [0.3, 0.4) is 0 Å². The van der Waals surface area contributed by atoms with Gasteiger partial charge in [0, 0.05) is 5.56 Å². The fourth-order valence-electron chi connectivity index (χ4n) is 2.58. The number of hydrogen-bond donors (Lipinski definition) is 1. The van der Waals surface area contributed by atoms with Gasteiger partial charge in [0.2, 0.25) is 0 Å². The zero-order valence-electron chi connectivity index (χ0n) is 14.8. The molecule has 0 aromatic heterocycles. The molecule has 0 heterocycles. The summed E-state index contributed by atoms with van der Waals surface area (Å²) in [6, 6.07) is 21.3. The Hall–Kier alpha value is -3.66. The second kappa shape index (κ2) is 8.15. The molecular weight excluding hydrogens is 340 g/mol. The van der Waals surface area contributed by atoms with Crippen LogP contribution in [0.2, 0.25) is 0 Å². The number of benzene rings is 3. The maximum absolute atomic E-state index is 11.8. The van der Waals surface area contributed by atoms with Gasteiger partial charge in [-0.25, -0.2) is 4.79 Å². The second-order valence-corrected chi connectivity index (χ2v) is 6.09. The number of carbonyl (C=O) groups is 2. The summed E-state index contributed by atoms with van der Waals surface area (Å²) in [4.78, 5) is 22.5. The Labute approximate surface area is 157 Å². The van der Waals surface area contributed by atoms with Crippen LogP contribution in [-0.2, 0) is 4.79 Å². The van der Waals surface area contributed by atoms with Crippen LogP contribution in [0.1, 0.15) is 27.0 Å². The first-order chi connectivity index (χ1) is 13.0. The summed E-state index contributed by atoms with van der Waals surface area (Å²) in [6.07, 6.45) is 2.40. The first kappa shape index (κ1) is 18.1. The molecule has 0 amide bonds. The van der Waals surface area contributed by atoms with Crippen LogP contribution in [0.5, 0.6) is 11.5 Å². The highest BCUT2D eigenvalue weighted by atomic mass is 16.5. The zero-order chi connectivity index (χ0) is 19.2. The SMILES string of the molecule is Cc1ccc(C=C(C(=O)O)c2cccc(Oc3ccc(C=O)cc3)c2)cc1. The van der Waals surface area contributed by atoms with E-state index in [0.29, 0.717) is 22.6 Å². The molecule has 4 nitrogen and oxygen atoms in total. The van der Waals surface area contributed by atoms with Crippen molar-refractivity contribution < 1.29 is 19.4 Å². The van der Waals surface area contributed by atoms with Gasteiger partial charge in [-0.15, -0.1) is 0 Å². The van der Waals surface area contributed by atoms with E-state index in [-0.39, 0.29) is 5.57 Å². The van der Waals surface area contributed by atoms with Gasteiger partial charge < -0.3 is 9.84 Å². The van der Waals surface area contributed by atoms with E-state index in [1.807, 2.05) is 31.2 Å². The summed E-state index contributed by atoms with van der Waals surface area (Å²) >= 11 is 0. The van der Waals surface area contributed by atoms with Crippen molar-refractivity contribution >= 4 is 23.9 Å². The van der Waals surface area contributed by atoms with Crippen LogP contribution < -0.4 is 4.74 Å². The summed E-state index contributed by atoms with van der Waals surface area (Å²) in [7, 11) is 0. The number of aliphatic carboxylic acids is 1. The van der Waals surface area contributed by atoms with Gasteiger partial charge in [0.15, 0.2) is 0 Å². The number of aldehydes is 1. The van der Waals surface area contributed by atoms with Crippen molar-refractivity contribution in [3.63, 3.8) is 0 Å². The Kier molecular flexibility index (Phi) is 5.47. The average molecular weight is 358 g/mol. The van der Waals surface area contributed by atoms with Gasteiger partial charge in [0.05, 0.1) is 5.57 Å². The molecule has 0 radical (unpaired) electrons. The first-order valence-electron chi connectivity index (χ1n) is 8.40. The number of ether oxygens (including phenoxy) is 1. The van der Waals surface area contributed by atoms with Gasteiger partial charge in [-0.1, -0.05) is 42.0 Å². The Morgan fingerprint density at radius 2 is 1.56 bits per heavy atom. The van der Waals surface area contributed by atoms with Gasteiger partial charge in [-0.05, 0) is 60.5 Å². The molecule has 0 aliphatic rings. The molecule has 4 heteroatoms. The number of aryl methyl sites for hydroxylation is 1. The van der Waals surface area contributed by atoms with Crippen LogP contribution in [-0.4, -0.2) is 17.4 Å². The van der Waals surface area contributed by atoms with E-state index in [1.54, 1.807) is 54.6 Å². The molecule has 0 fully saturated rings. The van der Waals surface area contributed by atoms with E-state index >= 15 is 0 Å². The minimum absolute atomic E-state index is 0.181. The van der Waals surface area contributed by atoms with E-state index in [2.05, 4.69) is 0 Å². The van der Waals surface area contributed by atoms with Crippen molar-refractivity contribution in [2.24, 2.45) is 0 Å². The predicted molar refractivity (Wildman–Crippen MR) is 105 cm³/mol. The normalized spacial score (nSPS) is 11.1. The van der Waals surface area contributed by atoms with Gasteiger partial charge in [-0.2, -0.15) is 0 Å². The maximum atomic E-state index is 11.8. The lowest BCUT2D eigenvalue weighted by Gasteiger charge is -2.09. The fourth-order valence-corrected chi connectivity index (χ4v) is 2.58. The van der Waals surface area contributed by atoms with Crippen LogP contribution in [0.25, 0.3) is 11.6 Å². The zero-order valence-corrected chi connectivity index (χ0v) is 14.8. The van der Waals surface area contributed by atoms with Crippen molar-refractivity contribution in [2.45, 2.75) is 6.92 Å². The number of carboxylic acids is 1. The quantitative estimate of drug-likeness (QED) is 0.372. The summed E-state index contributed by atoms with van der Waals surface area (Å²) in [6.45, 7) is 1.98. The second-order valence-electron chi connectivity index (χ2n) is 6.09. The highest BCUT2D eigenvalue weighted by Crippen LogP contribution is 2.26. The molecule has 3 rings (SSSR count). The minimum atomic E-state index is -1.01. The van der Waals surface area contributed by atoms with Crippen LogP contribution >= 0.6 is 0 Å². The largest absolute Gasteiger partial charge is 0.478 e. The topological polar surface area (TPSA) is 63.6 Å². The van der Waals surface area contributed by atoms with Crippen LogP contribution in [0, 0.1) is 6.92 Å². The maximum Gasteiger partial charge on any atom is 0.336 e. The summed E-state index contributed by atoms with van der Waals surface area (Å²) in [5, 5.41) is 9.64. The third kappa shape index (κ3) is 4.70. The molecule has 0 saturated heterocycles. The van der Waals surface area contributed by atoms with Crippen molar-refractivity contribution in [3.05, 3.63) is 95.1 Å². The van der Waals surface area contributed by atoms with Crippen LogP contribution in [0.4, 0.5) is 0 Å². The molecule has 0 unspecified atom stereocenters. The molecule has 0 saturated carbocycles. The number of carbonyl (C=O) groups excluding carboxylic acids is 1. The molecule has 0 spiro atoms. The number of rotatable bonds is 6. The third-order valence-corrected chi connectivity index (χ3v) is 4.02. The molecule has 0 bridgehead atoms. The van der Waals surface area contributed by atoms with Gasteiger partial charge in [0.1, 0.15) is 17.8 Å². The van der Waals surface area contributed by atoms with E-state index in [0.717, 1.165) is 17.4 Å². The Balaban J connectivity index is 1.90. The summed E-state index contributed by atoms with van der Waals surface area (Å²) in [5.41, 5.74) is 3.21. The lowest BCUT2D eigenvalue weighted by Crippen LogP contribution is -2.00. The van der Waals surface area contributed by atoms with E-state index < -0.39 is 5.97 Å². The monoisotopic (exact) mass is 358 g/mol. The molecule has 27 heavy (non-hydrogen) atoms. The van der Waals surface area contributed by atoms with E-state index in [9.17, 15) is 14.7 Å². The van der Waals surface area contributed by atoms with Crippen molar-refractivity contribution in [2.75, 3.05) is 0 Å². The Morgan fingerprint density at radius 3 is 2.19 bits per heavy atom. The molecule has 134 valence electrons. The molecule has 0 aliphatic carbocycles. The predicted octanol–water partition coefficient (Wildman–Crippen LogP) is 5.23. The average Bonchev–Trinajstić information content (AvgIpc) is 2.68. The molecular formula is C23H18O4. The minimum Gasteiger partial charge on any atom is -0.478 e. The van der Waals surface area contributed by atoms with Gasteiger partial charge in [0.25, 0.3) is 0 Å². The lowest BCUT2D eigenvalue weighted by atomic mass is 10.0. The molecule has 0 atom stereocenters. The first-order valence-corrected chi connectivity index (χ1v) is 8.40. The van der Waals surface area contributed by atoms with Crippen molar-refractivity contribution in [1.29, 1.82) is 0 Å². The molecule has 3 aromatic rings. The highest BCUT2D eigenvalue weighted by molar-refractivity contribution is 6.20.